The Hall–Kier alpha value is -2.62. The van der Waals surface area contributed by atoms with Crippen molar-refractivity contribution in [1.82, 2.24) is 0 Å². The van der Waals surface area contributed by atoms with Crippen LogP contribution in [-0.2, 0) is 4.79 Å². The molecule has 0 bridgehead atoms. The van der Waals surface area contributed by atoms with Gasteiger partial charge in [0.15, 0.2) is 5.75 Å². The van der Waals surface area contributed by atoms with Gasteiger partial charge >= 0.3 is 11.7 Å². The molecular formula is C11H10N2O5. The Bertz CT molecular complexity index is 533. The molecule has 0 amide bonds. The van der Waals surface area contributed by atoms with Gasteiger partial charge in [-0.3, -0.25) is 14.9 Å². The topological polar surface area (TPSA) is 102 Å². The summed E-state index contributed by atoms with van der Waals surface area (Å²) in [4.78, 5) is 21.1. The zero-order valence-electron chi connectivity index (χ0n) is 9.80. The van der Waals surface area contributed by atoms with Crippen LogP contribution in [0.15, 0.2) is 12.1 Å². The molecule has 1 rings (SSSR count). The van der Waals surface area contributed by atoms with Gasteiger partial charge in [0.2, 0.25) is 5.75 Å². The molecule has 0 unspecified atom stereocenters. The molecule has 1 aromatic carbocycles. The SMILES string of the molecule is CCOc1cc(C#N)cc([N+](=O)[O-])c1OC(C)=O. The number of rotatable bonds is 4. The van der Waals surface area contributed by atoms with Crippen molar-refractivity contribution in [3.8, 4) is 17.6 Å². The van der Waals surface area contributed by atoms with Gasteiger partial charge < -0.3 is 9.47 Å². The predicted molar refractivity (Wildman–Crippen MR) is 60.3 cm³/mol. The Morgan fingerprint density at radius 1 is 1.56 bits per heavy atom. The molecule has 7 nitrogen and oxygen atoms in total. The fourth-order valence-electron chi connectivity index (χ4n) is 1.30. The predicted octanol–water partition coefficient (Wildman–Crippen LogP) is 1.79. The molecule has 0 saturated heterocycles. The first kappa shape index (κ1) is 13.4. The number of nitrogens with zero attached hydrogens (tertiary/aromatic N) is 2. The first-order valence-corrected chi connectivity index (χ1v) is 5.03. The number of nitro groups is 1. The highest BCUT2D eigenvalue weighted by molar-refractivity contribution is 5.73. The molecule has 18 heavy (non-hydrogen) atoms. The van der Waals surface area contributed by atoms with E-state index in [1.165, 1.54) is 6.07 Å². The van der Waals surface area contributed by atoms with E-state index in [9.17, 15) is 14.9 Å². The first-order chi connectivity index (χ1) is 8.49. The van der Waals surface area contributed by atoms with Crippen LogP contribution in [0.2, 0.25) is 0 Å². The lowest BCUT2D eigenvalue weighted by Gasteiger charge is -2.10. The Balaban J connectivity index is 3.45. The van der Waals surface area contributed by atoms with E-state index in [1.54, 1.807) is 13.0 Å². The van der Waals surface area contributed by atoms with E-state index >= 15 is 0 Å². The molecule has 0 spiro atoms. The normalized spacial score (nSPS) is 9.39. The van der Waals surface area contributed by atoms with Gasteiger partial charge in [0, 0.05) is 19.1 Å². The summed E-state index contributed by atoms with van der Waals surface area (Å²) in [6.07, 6.45) is 0. The fourth-order valence-corrected chi connectivity index (χ4v) is 1.30. The largest absolute Gasteiger partial charge is 0.490 e. The van der Waals surface area contributed by atoms with E-state index in [-0.39, 0.29) is 23.7 Å². The van der Waals surface area contributed by atoms with Crippen LogP contribution in [0.25, 0.3) is 0 Å². The second-order valence-corrected chi connectivity index (χ2v) is 3.22. The van der Waals surface area contributed by atoms with E-state index < -0.39 is 16.6 Å². The van der Waals surface area contributed by atoms with Crippen molar-refractivity contribution in [2.24, 2.45) is 0 Å². The van der Waals surface area contributed by atoms with Crippen LogP contribution in [0.5, 0.6) is 11.5 Å². The minimum absolute atomic E-state index is 0.00144. The standard InChI is InChI=1S/C11H10N2O5/c1-3-17-10-5-8(6-12)4-9(13(15)16)11(10)18-7(2)14/h4-5H,3H2,1-2H3. The van der Waals surface area contributed by atoms with E-state index in [0.29, 0.717) is 0 Å². The van der Waals surface area contributed by atoms with Gasteiger partial charge in [0.1, 0.15) is 0 Å². The van der Waals surface area contributed by atoms with Crippen LogP contribution in [-0.4, -0.2) is 17.5 Å². The van der Waals surface area contributed by atoms with E-state index in [4.69, 9.17) is 14.7 Å². The van der Waals surface area contributed by atoms with Crippen LogP contribution in [0.4, 0.5) is 5.69 Å². The molecule has 0 heterocycles. The van der Waals surface area contributed by atoms with Gasteiger partial charge in [-0.05, 0) is 6.92 Å². The third-order valence-electron chi connectivity index (χ3n) is 1.91. The van der Waals surface area contributed by atoms with Gasteiger partial charge in [0.05, 0.1) is 23.2 Å². The van der Waals surface area contributed by atoms with Gasteiger partial charge in [-0.15, -0.1) is 0 Å². The number of ether oxygens (including phenoxy) is 2. The number of nitro benzene ring substituents is 1. The van der Waals surface area contributed by atoms with Gasteiger partial charge in [-0.2, -0.15) is 5.26 Å². The van der Waals surface area contributed by atoms with Crippen molar-refractivity contribution in [3.05, 3.63) is 27.8 Å². The molecular weight excluding hydrogens is 240 g/mol. The molecule has 0 N–H and O–H groups in total. The Labute approximate surface area is 103 Å². The molecule has 0 saturated carbocycles. The van der Waals surface area contributed by atoms with Crippen molar-refractivity contribution in [2.45, 2.75) is 13.8 Å². The highest BCUT2D eigenvalue weighted by Gasteiger charge is 2.24. The van der Waals surface area contributed by atoms with Crippen LogP contribution < -0.4 is 9.47 Å². The minimum atomic E-state index is -0.734. The maximum absolute atomic E-state index is 10.9. The molecule has 1 aromatic rings. The molecule has 0 aliphatic heterocycles. The zero-order chi connectivity index (χ0) is 13.7. The summed E-state index contributed by atoms with van der Waals surface area (Å²) in [6.45, 7) is 3.01. The number of carbonyl (C=O) groups excluding carboxylic acids is 1. The van der Waals surface area contributed by atoms with E-state index in [1.807, 2.05) is 0 Å². The highest BCUT2D eigenvalue weighted by atomic mass is 16.6. The number of nitriles is 1. The quantitative estimate of drug-likeness (QED) is 0.349. The minimum Gasteiger partial charge on any atom is -0.490 e. The number of esters is 1. The summed E-state index contributed by atoms with van der Waals surface area (Å²) >= 11 is 0. The summed E-state index contributed by atoms with van der Waals surface area (Å²) < 4.78 is 9.91. The first-order valence-electron chi connectivity index (χ1n) is 5.03. The summed E-state index contributed by atoms with van der Waals surface area (Å²) in [5, 5.41) is 19.7. The molecule has 0 aliphatic rings. The number of hydrogen-bond donors (Lipinski definition) is 0. The van der Waals surface area contributed by atoms with Crippen molar-refractivity contribution in [3.63, 3.8) is 0 Å². The number of benzene rings is 1. The summed E-state index contributed by atoms with van der Waals surface area (Å²) in [7, 11) is 0. The van der Waals surface area contributed by atoms with Gasteiger partial charge in [-0.1, -0.05) is 0 Å². The lowest BCUT2D eigenvalue weighted by molar-refractivity contribution is -0.385. The highest BCUT2D eigenvalue weighted by Crippen LogP contribution is 2.38. The Kier molecular flexibility index (Phi) is 4.21. The smallest absolute Gasteiger partial charge is 0.316 e. The number of carbonyl (C=O) groups is 1. The molecule has 0 aliphatic carbocycles. The summed E-state index contributed by atoms with van der Waals surface area (Å²) in [5.74, 6) is -0.990. The van der Waals surface area contributed by atoms with Crippen LogP contribution in [0.3, 0.4) is 0 Å². The maximum Gasteiger partial charge on any atom is 0.316 e. The van der Waals surface area contributed by atoms with Gasteiger partial charge in [-0.25, -0.2) is 0 Å². The van der Waals surface area contributed by atoms with Crippen molar-refractivity contribution in [2.75, 3.05) is 6.61 Å². The van der Waals surface area contributed by atoms with Crippen molar-refractivity contribution < 1.29 is 19.2 Å². The third-order valence-corrected chi connectivity index (χ3v) is 1.91. The summed E-state index contributed by atoms with van der Waals surface area (Å²) in [6, 6.07) is 4.09. The van der Waals surface area contributed by atoms with Crippen LogP contribution in [0.1, 0.15) is 19.4 Å². The molecule has 0 atom stereocenters. The molecule has 94 valence electrons. The van der Waals surface area contributed by atoms with Crippen molar-refractivity contribution >= 4 is 11.7 Å². The van der Waals surface area contributed by atoms with E-state index in [2.05, 4.69) is 0 Å². The fraction of sp³-hybridized carbons (Fsp3) is 0.273. The summed E-state index contributed by atoms with van der Waals surface area (Å²) in [5.41, 5.74) is -0.422. The van der Waals surface area contributed by atoms with Gasteiger partial charge in [0.25, 0.3) is 0 Å². The van der Waals surface area contributed by atoms with Crippen LogP contribution in [0, 0.1) is 21.4 Å². The number of hydrogen-bond acceptors (Lipinski definition) is 6. The molecule has 0 fully saturated rings. The van der Waals surface area contributed by atoms with Crippen molar-refractivity contribution in [1.29, 1.82) is 5.26 Å². The van der Waals surface area contributed by atoms with E-state index in [0.717, 1.165) is 13.0 Å². The average molecular weight is 250 g/mol. The monoisotopic (exact) mass is 250 g/mol. The zero-order valence-corrected chi connectivity index (χ0v) is 9.80. The molecule has 7 heteroatoms. The average Bonchev–Trinajstić information content (AvgIpc) is 2.30. The second kappa shape index (κ2) is 5.63. The Morgan fingerprint density at radius 2 is 2.22 bits per heavy atom. The van der Waals surface area contributed by atoms with Crippen LogP contribution >= 0.6 is 0 Å². The lowest BCUT2D eigenvalue weighted by atomic mass is 10.2. The molecule has 0 radical (unpaired) electrons. The molecule has 0 aromatic heterocycles. The second-order valence-electron chi connectivity index (χ2n) is 3.22. The third kappa shape index (κ3) is 2.95. The maximum atomic E-state index is 10.9. The lowest BCUT2D eigenvalue weighted by Crippen LogP contribution is -2.07. The Morgan fingerprint density at radius 3 is 2.67 bits per heavy atom.